The lowest BCUT2D eigenvalue weighted by Crippen LogP contribution is -2.39. The number of benzene rings is 1. The number of rotatable bonds is 4. The molecule has 0 heterocycles. The number of carbonyl (C=O) groups is 1. The van der Waals surface area contributed by atoms with Gasteiger partial charge in [0.2, 0.25) is 0 Å². The first-order chi connectivity index (χ1) is 8.78. The van der Waals surface area contributed by atoms with Gasteiger partial charge in [-0.3, -0.25) is 0 Å². The van der Waals surface area contributed by atoms with Gasteiger partial charge in [0.15, 0.2) is 0 Å². The number of hydrogen-bond acceptors (Lipinski definition) is 2. The quantitative estimate of drug-likeness (QED) is 0.888. The Hall–Kier alpha value is -1.92. The Labute approximate surface area is 108 Å². The molecule has 7 heteroatoms. The Morgan fingerprint density at radius 1 is 1.32 bits per heavy atom. The fraction of sp³-hybridized carbons (Fsp3) is 0.417. The van der Waals surface area contributed by atoms with Gasteiger partial charge in [0.1, 0.15) is 5.75 Å². The van der Waals surface area contributed by atoms with Gasteiger partial charge in [-0.05, 0) is 19.9 Å². The zero-order valence-electron chi connectivity index (χ0n) is 10.5. The van der Waals surface area contributed by atoms with E-state index in [2.05, 4.69) is 15.4 Å². The standard InChI is InChI=1S/C12H15F3N2O2/c1-8(2)17-11(18)16-7-9-5-3-4-6-10(9)19-12(13,14)15/h3-6,8H,7H2,1-2H3,(H2,16,17,18). The Balaban J connectivity index is 2.65. The van der Waals surface area contributed by atoms with E-state index in [1.807, 2.05) is 0 Å². The van der Waals surface area contributed by atoms with Gasteiger partial charge in [0.05, 0.1) is 0 Å². The Morgan fingerprint density at radius 2 is 1.95 bits per heavy atom. The van der Waals surface area contributed by atoms with E-state index in [9.17, 15) is 18.0 Å². The van der Waals surface area contributed by atoms with Gasteiger partial charge in [0, 0.05) is 18.2 Å². The Bertz CT molecular complexity index is 433. The smallest absolute Gasteiger partial charge is 0.405 e. The van der Waals surface area contributed by atoms with Gasteiger partial charge >= 0.3 is 12.4 Å². The van der Waals surface area contributed by atoms with Crippen LogP contribution in [0.5, 0.6) is 5.75 Å². The Kier molecular flexibility index (Phi) is 5.02. The molecule has 0 saturated heterocycles. The summed E-state index contributed by atoms with van der Waals surface area (Å²) in [6.07, 6.45) is -4.75. The zero-order valence-corrected chi connectivity index (χ0v) is 10.5. The first-order valence-electron chi connectivity index (χ1n) is 5.66. The van der Waals surface area contributed by atoms with Gasteiger partial charge in [0.25, 0.3) is 0 Å². The summed E-state index contributed by atoms with van der Waals surface area (Å²) in [5.74, 6) is -0.320. The minimum atomic E-state index is -4.75. The van der Waals surface area contributed by atoms with Crippen molar-refractivity contribution in [1.29, 1.82) is 0 Å². The van der Waals surface area contributed by atoms with Crippen molar-refractivity contribution in [3.8, 4) is 5.75 Å². The van der Waals surface area contributed by atoms with Gasteiger partial charge in [-0.1, -0.05) is 18.2 Å². The average molecular weight is 276 g/mol. The van der Waals surface area contributed by atoms with Crippen LogP contribution in [-0.4, -0.2) is 18.4 Å². The summed E-state index contributed by atoms with van der Waals surface area (Å²) in [5.41, 5.74) is 0.249. The molecule has 106 valence electrons. The fourth-order valence-electron chi connectivity index (χ4n) is 1.36. The van der Waals surface area contributed by atoms with E-state index in [-0.39, 0.29) is 23.9 Å². The number of urea groups is 1. The van der Waals surface area contributed by atoms with E-state index in [1.165, 1.54) is 18.2 Å². The first kappa shape index (κ1) is 15.1. The highest BCUT2D eigenvalue weighted by molar-refractivity contribution is 5.74. The second kappa shape index (κ2) is 6.31. The van der Waals surface area contributed by atoms with Crippen molar-refractivity contribution in [2.45, 2.75) is 32.8 Å². The maximum atomic E-state index is 12.2. The molecule has 19 heavy (non-hydrogen) atoms. The number of amides is 2. The van der Waals surface area contributed by atoms with Crippen molar-refractivity contribution >= 4 is 6.03 Å². The van der Waals surface area contributed by atoms with Gasteiger partial charge < -0.3 is 15.4 Å². The summed E-state index contributed by atoms with van der Waals surface area (Å²) in [4.78, 5) is 11.3. The van der Waals surface area contributed by atoms with Crippen LogP contribution in [0.25, 0.3) is 0 Å². The maximum absolute atomic E-state index is 12.2. The van der Waals surface area contributed by atoms with Crippen molar-refractivity contribution in [2.24, 2.45) is 0 Å². The van der Waals surface area contributed by atoms with Crippen LogP contribution < -0.4 is 15.4 Å². The highest BCUT2D eigenvalue weighted by Crippen LogP contribution is 2.25. The predicted molar refractivity (Wildman–Crippen MR) is 63.6 cm³/mol. The lowest BCUT2D eigenvalue weighted by molar-refractivity contribution is -0.274. The van der Waals surface area contributed by atoms with E-state index in [0.29, 0.717) is 0 Å². The van der Waals surface area contributed by atoms with Crippen LogP contribution in [0.15, 0.2) is 24.3 Å². The number of carbonyl (C=O) groups excluding carboxylic acids is 1. The molecule has 0 bridgehead atoms. The molecule has 2 N–H and O–H groups in total. The normalized spacial score (nSPS) is 11.3. The molecule has 0 aromatic heterocycles. The number of halogens is 3. The molecule has 0 saturated carbocycles. The third kappa shape index (κ3) is 5.98. The van der Waals surface area contributed by atoms with Crippen LogP contribution in [0.2, 0.25) is 0 Å². The van der Waals surface area contributed by atoms with Gasteiger partial charge in [-0.25, -0.2) is 4.79 Å². The summed E-state index contributed by atoms with van der Waals surface area (Å²) in [6.45, 7) is 3.51. The maximum Gasteiger partial charge on any atom is 0.573 e. The summed E-state index contributed by atoms with van der Waals surface area (Å²) < 4.78 is 40.4. The Morgan fingerprint density at radius 3 is 2.53 bits per heavy atom. The highest BCUT2D eigenvalue weighted by Gasteiger charge is 2.31. The van der Waals surface area contributed by atoms with Crippen molar-refractivity contribution < 1.29 is 22.7 Å². The molecule has 1 aromatic carbocycles. The average Bonchev–Trinajstić information content (AvgIpc) is 2.25. The topological polar surface area (TPSA) is 50.4 Å². The van der Waals surface area contributed by atoms with Crippen LogP contribution >= 0.6 is 0 Å². The molecule has 4 nitrogen and oxygen atoms in total. The van der Waals surface area contributed by atoms with E-state index < -0.39 is 12.4 Å². The molecule has 1 rings (SSSR count). The number of alkyl halides is 3. The molecule has 0 unspecified atom stereocenters. The van der Waals surface area contributed by atoms with Gasteiger partial charge in [-0.2, -0.15) is 0 Å². The second-order valence-corrected chi connectivity index (χ2v) is 4.14. The van der Waals surface area contributed by atoms with E-state index >= 15 is 0 Å². The molecule has 0 atom stereocenters. The van der Waals surface area contributed by atoms with E-state index in [4.69, 9.17) is 0 Å². The zero-order chi connectivity index (χ0) is 14.5. The lowest BCUT2D eigenvalue weighted by atomic mass is 10.2. The lowest BCUT2D eigenvalue weighted by Gasteiger charge is -2.14. The van der Waals surface area contributed by atoms with Crippen LogP contribution in [0, 0.1) is 0 Å². The molecule has 0 aliphatic rings. The molecule has 0 radical (unpaired) electrons. The molecular formula is C12H15F3N2O2. The van der Waals surface area contributed by atoms with Crippen molar-refractivity contribution in [1.82, 2.24) is 10.6 Å². The van der Waals surface area contributed by atoms with Crippen LogP contribution in [0.1, 0.15) is 19.4 Å². The number of ether oxygens (including phenoxy) is 1. The largest absolute Gasteiger partial charge is 0.573 e. The number of hydrogen-bond donors (Lipinski definition) is 2. The van der Waals surface area contributed by atoms with Crippen LogP contribution in [-0.2, 0) is 6.54 Å². The third-order valence-electron chi connectivity index (χ3n) is 2.06. The summed E-state index contributed by atoms with van der Waals surface area (Å²) in [7, 11) is 0. The first-order valence-corrected chi connectivity index (χ1v) is 5.66. The highest BCUT2D eigenvalue weighted by atomic mass is 19.4. The minimum absolute atomic E-state index is 0.0508. The molecule has 0 fully saturated rings. The molecule has 0 spiro atoms. The predicted octanol–water partition coefficient (Wildman–Crippen LogP) is 2.79. The number of para-hydroxylation sites is 1. The third-order valence-corrected chi connectivity index (χ3v) is 2.06. The summed E-state index contributed by atoms with van der Waals surface area (Å²) in [5, 5.41) is 5.03. The van der Waals surface area contributed by atoms with Crippen LogP contribution in [0.3, 0.4) is 0 Å². The van der Waals surface area contributed by atoms with Crippen molar-refractivity contribution in [3.05, 3.63) is 29.8 Å². The molecule has 2 amide bonds. The van der Waals surface area contributed by atoms with Gasteiger partial charge in [-0.15, -0.1) is 13.2 Å². The molecule has 1 aromatic rings. The van der Waals surface area contributed by atoms with Crippen LogP contribution in [0.4, 0.5) is 18.0 Å². The van der Waals surface area contributed by atoms with E-state index in [1.54, 1.807) is 19.9 Å². The van der Waals surface area contributed by atoms with Crippen molar-refractivity contribution in [3.63, 3.8) is 0 Å². The minimum Gasteiger partial charge on any atom is -0.405 e. The molecule has 0 aliphatic heterocycles. The molecular weight excluding hydrogens is 261 g/mol. The monoisotopic (exact) mass is 276 g/mol. The summed E-state index contributed by atoms with van der Waals surface area (Å²) >= 11 is 0. The van der Waals surface area contributed by atoms with Crippen molar-refractivity contribution in [2.75, 3.05) is 0 Å². The second-order valence-electron chi connectivity index (χ2n) is 4.14. The number of nitrogens with one attached hydrogen (secondary N) is 2. The fourth-order valence-corrected chi connectivity index (χ4v) is 1.36. The molecule has 0 aliphatic carbocycles. The summed E-state index contributed by atoms with van der Waals surface area (Å²) in [6, 6.07) is 5.15. The van der Waals surface area contributed by atoms with E-state index in [0.717, 1.165) is 0 Å². The SMILES string of the molecule is CC(C)NC(=O)NCc1ccccc1OC(F)(F)F.